The summed E-state index contributed by atoms with van der Waals surface area (Å²) in [4.78, 5) is 31.0. The summed E-state index contributed by atoms with van der Waals surface area (Å²) in [5, 5.41) is 14.6. The molecule has 3 aromatic heterocycles. The number of rotatable bonds is 13. The molecule has 0 aliphatic heterocycles. The molecule has 240 valence electrons. The molecule has 0 unspecified atom stereocenters. The summed E-state index contributed by atoms with van der Waals surface area (Å²) >= 11 is 0. The zero-order valence-electron chi connectivity index (χ0n) is 27.2. The van der Waals surface area contributed by atoms with Crippen LogP contribution in [0, 0.1) is 31.6 Å². The van der Waals surface area contributed by atoms with Gasteiger partial charge in [-0.05, 0) is 69.2 Å². The minimum atomic E-state index is -1.21. The normalized spacial score (nSPS) is 17.8. The van der Waals surface area contributed by atoms with Gasteiger partial charge in [-0.25, -0.2) is 9.67 Å². The summed E-state index contributed by atoms with van der Waals surface area (Å²) in [5.74, 6) is -0.831. The molecular formula is C32H48FN7O3Si. The number of halogens is 1. The van der Waals surface area contributed by atoms with Crippen molar-refractivity contribution < 1.29 is 18.7 Å². The molecule has 4 rings (SSSR count). The quantitative estimate of drug-likeness (QED) is 0.133. The summed E-state index contributed by atoms with van der Waals surface area (Å²) in [7, 11) is -1.21. The number of aryl methyl sites for hydroxylation is 2. The number of amides is 2. The average Bonchev–Trinajstić information content (AvgIpc) is 3.53. The number of nitrogens with one attached hydrogen (secondary N) is 2. The number of ether oxygens (including phenoxy) is 1. The number of carbonyl (C=O) groups excluding carboxylic acids is 2. The van der Waals surface area contributed by atoms with Crippen molar-refractivity contribution in [1.82, 2.24) is 29.9 Å². The number of hydrogen-bond donors (Lipinski definition) is 2. The fourth-order valence-electron chi connectivity index (χ4n) is 5.78. The van der Waals surface area contributed by atoms with Crippen LogP contribution in [0.25, 0.3) is 11.1 Å². The first kappa shape index (κ1) is 33.5. The molecule has 44 heavy (non-hydrogen) atoms. The van der Waals surface area contributed by atoms with Crippen LogP contribution in [0.1, 0.15) is 67.8 Å². The van der Waals surface area contributed by atoms with E-state index in [9.17, 15) is 9.59 Å². The lowest BCUT2D eigenvalue weighted by molar-refractivity contribution is -0.119. The van der Waals surface area contributed by atoms with Crippen LogP contribution in [0.3, 0.4) is 0 Å². The van der Waals surface area contributed by atoms with Crippen molar-refractivity contribution in [3.63, 3.8) is 0 Å². The number of carbonyl (C=O) groups is 2. The molecule has 0 spiro atoms. The largest absolute Gasteiger partial charge is 0.360 e. The molecule has 0 radical (unpaired) electrons. The lowest BCUT2D eigenvalue weighted by Crippen LogP contribution is -2.49. The molecule has 1 saturated carbocycles. The zero-order valence-corrected chi connectivity index (χ0v) is 28.2. The van der Waals surface area contributed by atoms with E-state index >= 15 is 4.39 Å². The molecule has 1 atom stereocenters. The van der Waals surface area contributed by atoms with E-state index in [1.165, 1.54) is 0 Å². The minimum absolute atomic E-state index is 0.0362. The van der Waals surface area contributed by atoms with Crippen LogP contribution in [-0.4, -0.2) is 57.1 Å². The van der Waals surface area contributed by atoms with E-state index in [2.05, 4.69) is 52.4 Å². The maximum absolute atomic E-state index is 15.5. The lowest BCUT2D eigenvalue weighted by atomic mass is 9.79. The molecule has 0 saturated heterocycles. The maximum atomic E-state index is 15.5. The monoisotopic (exact) mass is 625 g/mol. The first-order valence-corrected chi connectivity index (χ1v) is 19.5. The highest BCUT2D eigenvalue weighted by Gasteiger charge is 2.33. The Kier molecular flexibility index (Phi) is 11.1. The minimum Gasteiger partial charge on any atom is -0.360 e. The molecule has 1 fully saturated rings. The van der Waals surface area contributed by atoms with Gasteiger partial charge in [0.25, 0.3) is 5.91 Å². The van der Waals surface area contributed by atoms with Gasteiger partial charge in [0.2, 0.25) is 11.9 Å². The molecule has 1 aliphatic carbocycles. The van der Waals surface area contributed by atoms with Crippen LogP contribution in [0.4, 0.5) is 10.2 Å². The number of nitrogens with zero attached hydrogens (tertiary/aromatic N) is 5. The van der Waals surface area contributed by atoms with Gasteiger partial charge < -0.3 is 15.4 Å². The molecular weight excluding hydrogens is 577 g/mol. The van der Waals surface area contributed by atoms with Gasteiger partial charge in [0.05, 0.1) is 5.69 Å². The molecule has 1 aliphatic rings. The summed E-state index contributed by atoms with van der Waals surface area (Å²) in [6.07, 6.45) is 6.01. The predicted molar refractivity (Wildman–Crippen MR) is 173 cm³/mol. The lowest BCUT2D eigenvalue weighted by Gasteiger charge is -2.32. The molecule has 3 aromatic rings. The molecule has 12 heteroatoms. The summed E-state index contributed by atoms with van der Waals surface area (Å²) in [5.41, 5.74) is 2.83. The summed E-state index contributed by atoms with van der Waals surface area (Å²) in [6.45, 7) is 16.4. The fourth-order valence-corrected chi connectivity index (χ4v) is 6.54. The van der Waals surface area contributed by atoms with E-state index in [1.54, 1.807) is 33.8 Å². The maximum Gasteiger partial charge on any atom is 0.270 e. The molecule has 2 N–H and O–H groups in total. The van der Waals surface area contributed by atoms with Crippen molar-refractivity contribution in [1.29, 1.82) is 0 Å². The average molecular weight is 626 g/mol. The van der Waals surface area contributed by atoms with E-state index in [-0.39, 0.29) is 17.6 Å². The van der Waals surface area contributed by atoms with Gasteiger partial charge in [-0.1, -0.05) is 46.3 Å². The van der Waals surface area contributed by atoms with Crippen molar-refractivity contribution in [2.75, 3.05) is 11.9 Å². The van der Waals surface area contributed by atoms with Crippen molar-refractivity contribution in [2.45, 2.75) is 105 Å². The molecule has 10 nitrogen and oxygen atoms in total. The Morgan fingerprint density at radius 1 is 1.11 bits per heavy atom. The first-order valence-electron chi connectivity index (χ1n) is 15.8. The number of hydrogen-bond acceptors (Lipinski definition) is 6. The standard InChI is InChI=1S/C32H48FN7O3Si/c1-8-17-39-26(15-16-34-39)31(41)37-29(24-11-9-21(2)10-12-24)32(42)36-27-14-13-25(30(33)35-27)28-22(3)38-40(23(28)4)20-43-18-19-44(5,6)7/h13-16,21,24,29H,8-12,17-20H2,1-7H3,(H,37,41)(H,35,36,42)/t21-,24-,29-/m0/s1. The van der Waals surface area contributed by atoms with E-state index in [0.29, 0.717) is 48.3 Å². The number of pyridine rings is 1. The highest BCUT2D eigenvalue weighted by Crippen LogP contribution is 2.32. The Morgan fingerprint density at radius 2 is 1.84 bits per heavy atom. The van der Waals surface area contributed by atoms with Gasteiger partial charge in [-0.15, -0.1) is 0 Å². The van der Waals surface area contributed by atoms with Gasteiger partial charge in [0, 0.05) is 44.2 Å². The molecule has 3 heterocycles. The van der Waals surface area contributed by atoms with Crippen molar-refractivity contribution in [2.24, 2.45) is 11.8 Å². The SMILES string of the molecule is CCCn1nccc1C(=O)N[C@H](C(=O)Nc1ccc(-c2c(C)nn(COCC[Si](C)(C)C)c2C)c(F)n1)[C@H]1CC[C@H](C)CC1. The van der Waals surface area contributed by atoms with Crippen LogP contribution >= 0.6 is 0 Å². The molecule has 0 bridgehead atoms. The van der Waals surface area contributed by atoms with Crippen molar-refractivity contribution in [3.05, 3.63) is 47.4 Å². The van der Waals surface area contributed by atoms with Crippen LogP contribution in [-0.2, 0) is 22.8 Å². The Labute approximate surface area is 261 Å². The zero-order chi connectivity index (χ0) is 32.0. The Morgan fingerprint density at radius 3 is 2.50 bits per heavy atom. The van der Waals surface area contributed by atoms with E-state index in [1.807, 2.05) is 20.8 Å². The van der Waals surface area contributed by atoms with Gasteiger partial charge in [-0.2, -0.15) is 14.6 Å². The third kappa shape index (κ3) is 8.41. The van der Waals surface area contributed by atoms with Crippen molar-refractivity contribution >= 4 is 25.7 Å². The van der Waals surface area contributed by atoms with Gasteiger partial charge >= 0.3 is 0 Å². The molecule has 0 aromatic carbocycles. The van der Waals surface area contributed by atoms with E-state index in [4.69, 9.17) is 4.74 Å². The summed E-state index contributed by atoms with van der Waals surface area (Å²) < 4.78 is 24.8. The van der Waals surface area contributed by atoms with Crippen LogP contribution in [0.15, 0.2) is 24.4 Å². The highest BCUT2D eigenvalue weighted by molar-refractivity contribution is 6.76. The Bertz CT molecular complexity index is 1440. The van der Waals surface area contributed by atoms with E-state index in [0.717, 1.165) is 43.8 Å². The van der Waals surface area contributed by atoms with Crippen LogP contribution in [0.5, 0.6) is 0 Å². The second kappa shape index (κ2) is 14.6. The highest BCUT2D eigenvalue weighted by atomic mass is 28.3. The summed E-state index contributed by atoms with van der Waals surface area (Å²) in [6, 6.07) is 5.14. The van der Waals surface area contributed by atoms with Crippen molar-refractivity contribution in [3.8, 4) is 11.1 Å². The van der Waals surface area contributed by atoms with E-state index < -0.39 is 26.0 Å². The first-order chi connectivity index (χ1) is 20.9. The van der Waals surface area contributed by atoms with Gasteiger partial charge in [0.15, 0.2) is 0 Å². The Hall–Kier alpha value is -3.38. The second-order valence-corrected chi connectivity index (χ2v) is 18.9. The smallest absolute Gasteiger partial charge is 0.270 e. The third-order valence-electron chi connectivity index (χ3n) is 8.45. The third-order valence-corrected chi connectivity index (χ3v) is 10.2. The fraction of sp³-hybridized carbons (Fsp3) is 0.594. The topological polar surface area (TPSA) is 116 Å². The molecule has 2 amide bonds. The predicted octanol–water partition coefficient (Wildman–Crippen LogP) is 6.18. The number of aromatic nitrogens is 5. The van der Waals surface area contributed by atoms with Gasteiger partial charge in [-0.3, -0.25) is 14.3 Å². The second-order valence-electron chi connectivity index (χ2n) is 13.3. The van der Waals surface area contributed by atoms with Crippen LogP contribution in [0.2, 0.25) is 25.7 Å². The van der Waals surface area contributed by atoms with Crippen LogP contribution < -0.4 is 10.6 Å². The Balaban J connectivity index is 1.49. The number of anilines is 1. The van der Waals surface area contributed by atoms with Gasteiger partial charge in [0.1, 0.15) is 24.3 Å².